The lowest BCUT2D eigenvalue weighted by Gasteiger charge is -2.47. The molecule has 2 heterocycles. The number of rotatable bonds is 9. The quantitative estimate of drug-likeness (QED) is 0.556. The van der Waals surface area contributed by atoms with Gasteiger partial charge in [0.2, 0.25) is 11.6 Å². The summed E-state index contributed by atoms with van der Waals surface area (Å²) >= 11 is 0. The summed E-state index contributed by atoms with van der Waals surface area (Å²) in [4.78, 5) is 22.7. The molecule has 4 rings (SSSR count). The lowest BCUT2D eigenvalue weighted by molar-refractivity contribution is -0.144. The Hall–Kier alpha value is -1.14. The molecule has 2 aliphatic heterocycles. The molecule has 3 unspecified atom stereocenters. The number of ether oxygens (including phenoxy) is 2. The molecule has 4 fully saturated rings. The fourth-order valence-corrected chi connectivity index (χ4v) is 6.50. The van der Waals surface area contributed by atoms with Crippen LogP contribution in [0.4, 0.5) is 0 Å². The number of hydrogen-bond donors (Lipinski definition) is 2. The number of epoxide rings is 2. The van der Waals surface area contributed by atoms with Gasteiger partial charge in [0.05, 0.1) is 5.92 Å². The van der Waals surface area contributed by atoms with Crippen molar-refractivity contribution in [3.05, 3.63) is 0 Å². The van der Waals surface area contributed by atoms with Crippen LogP contribution in [0.3, 0.4) is 0 Å². The van der Waals surface area contributed by atoms with Crippen LogP contribution in [0.1, 0.15) is 90.9 Å². The first-order chi connectivity index (χ1) is 13.1. The second kappa shape index (κ2) is 6.69. The maximum Gasteiger partial charge on any atom is 0.306 e. The Morgan fingerprint density at radius 2 is 1.75 bits per heavy atom. The van der Waals surface area contributed by atoms with E-state index in [0.717, 1.165) is 19.3 Å². The molecular formula is C22H34O6. The van der Waals surface area contributed by atoms with E-state index in [2.05, 4.69) is 13.8 Å². The predicted octanol–water partition coefficient (Wildman–Crippen LogP) is 4.56. The smallest absolute Gasteiger partial charge is 0.306 e. The minimum Gasteiger partial charge on any atom is -0.481 e. The van der Waals surface area contributed by atoms with Gasteiger partial charge in [-0.05, 0) is 55.3 Å². The number of carboxylic acid groups (broad SMARTS) is 2. The first-order valence-electron chi connectivity index (χ1n) is 11.0. The number of carboxylic acids is 2. The van der Waals surface area contributed by atoms with E-state index in [1.54, 1.807) is 0 Å². The van der Waals surface area contributed by atoms with Crippen LogP contribution < -0.4 is 0 Å². The summed E-state index contributed by atoms with van der Waals surface area (Å²) in [6, 6.07) is 0. The molecule has 2 aliphatic carbocycles. The summed E-state index contributed by atoms with van der Waals surface area (Å²) in [5, 5.41) is 18.6. The molecule has 2 N–H and O–H groups in total. The Morgan fingerprint density at radius 3 is 2.36 bits per heavy atom. The highest BCUT2D eigenvalue weighted by Crippen LogP contribution is 2.79. The van der Waals surface area contributed by atoms with Gasteiger partial charge in [0.1, 0.15) is 0 Å². The molecule has 3 atom stereocenters. The molecular weight excluding hydrogens is 360 g/mol. The standard InChI is InChI=1S/C22H34O6/c1-19(9-4-3-5-10-19)13-20(2)14-22-21(27-22,28-22)12-16(20)11-15(18(25)26)7-6-8-17(23)24/h15-16H,3-14H2,1-2H3,(H,23,24)(H,25,26). The van der Waals surface area contributed by atoms with Crippen LogP contribution in [-0.2, 0) is 19.1 Å². The van der Waals surface area contributed by atoms with Crippen LogP contribution in [-0.4, -0.2) is 33.7 Å². The SMILES string of the molecule is CC1(CC2(C)CC34OC3(CC2CC(CCCC(=O)O)C(=O)O)O4)CCCCC1. The van der Waals surface area contributed by atoms with E-state index in [4.69, 9.17) is 14.6 Å². The molecule has 6 nitrogen and oxygen atoms in total. The number of aliphatic carboxylic acids is 2. The highest BCUT2D eigenvalue weighted by atomic mass is 17.0. The summed E-state index contributed by atoms with van der Waals surface area (Å²) < 4.78 is 11.8. The van der Waals surface area contributed by atoms with E-state index in [1.165, 1.54) is 32.1 Å². The molecule has 0 aromatic rings. The van der Waals surface area contributed by atoms with Crippen molar-refractivity contribution in [2.75, 3.05) is 0 Å². The van der Waals surface area contributed by atoms with Crippen molar-refractivity contribution in [2.45, 2.75) is 102 Å². The Morgan fingerprint density at radius 1 is 1.07 bits per heavy atom. The minimum atomic E-state index is -0.863. The average molecular weight is 395 g/mol. The number of hydrogen-bond acceptors (Lipinski definition) is 4. The summed E-state index contributed by atoms with van der Waals surface area (Å²) in [5.41, 5.74) is 0.316. The molecule has 28 heavy (non-hydrogen) atoms. The molecule has 2 saturated heterocycles. The fraction of sp³-hybridized carbons (Fsp3) is 0.909. The molecule has 0 bridgehead atoms. The van der Waals surface area contributed by atoms with Crippen LogP contribution in [0.2, 0.25) is 0 Å². The van der Waals surface area contributed by atoms with Gasteiger partial charge < -0.3 is 19.7 Å². The van der Waals surface area contributed by atoms with Gasteiger partial charge in [0, 0.05) is 19.3 Å². The van der Waals surface area contributed by atoms with E-state index in [1.807, 2.05) is 0 Å². The Labute approximate surface area is 167 Å². The molecule has 0 aromatic carbocycles. The summed E-state index contributed by atoms with van der Waals surface area (Å²) in [6.07, 6.45) is 10.6. The van der Waals surface area contributed by atoms with Gasteiger partial charge >= 0.3 is 11.9 Å². The zero-order chi connectivity index (χ0) is 20.2. The second-order valence-corrected chi connectivity index (χ2v) is 10.5. The number of carbonyl (C=O) groups is 2. The van der Waals surface area contributed by atoms with Crippen molar-refractivity contribution in [1.82, 2.24) is 0 Å². The van der Waals surface area contributed by atoms with Crippen molar-refractivity contribution in [1.29, 1.82) is 0 Å². The third-order valence-corrected chi connectivity index (χ3v) is 8.05. The van der Waals surface area contributed by atoms with Gasteiger partial charge in [-0.1, -0.05) is 33.1 Å². The fourth-order valence-electron chi connectivity index (χ4n) is 6.50. The highest BCUT2D eigenvalue weighted by Gasteiger charge is 2.93. The first kappa shape index (κ1) is 20.1. The van der Waals surface area contributed by atoms with E-state index in [9.17, 15) is 14.7 Å². The molecule has 4 aliphatic rings. The van der Waals surface area contributed by atoms with Gasteiger partial charge in [0.15, 0.2) is 0 Å². The lowest BCUT2D eigenvalue weighted by Crippen LogP contribution is -2.41. The first-order valence-corrected chi connectivity index (χ1v) is 11.0. The monoisotopic (exact) mass is 394 g/mol. The van der Waals surface area contributed by atoms with Crippen molar-refractivity contribution in [2.24, 2.45) is 22.7 Å². The topological polar surface area (TPSA) is 99.7 Å². The molecule has 158 valence electrons. The van der Waals surface area contributed by atoms with Gasteiger partial charge in [-0.2, -0.15) is 0 Å². The second-order valence-electron chi connectivity index (χ2n) is 10.5. The largest absolute Gasteiger partial charge is 0.481 e. The maximum absolute atomic E-state index is 11.9. The summed E-state index contributed by atoms with van der Waals surface area (Å²) in [6.45, 7) is 4.72. The van der Waals surface area contributed by atoms with Crippen LogP contribution in [0.15, 0.2) is 0 Å². The van der Waals surface area contributed by atoms with E-state index < -0.39 is 23.6 Å². The van der Waals surface area contributed by atoms with Crippen molar-refractivity contribution < 1.29 is 29.3 Å². The van der Waals surface area contributed by atoms with E-state index in [0.29, 0.717) is 24.7 Å². The van der Waals surface area contributed by atoms with Crippen LogP contribution in [0.5, 0.6) is 0 Å². The third-order valence-electron chi connectivity index (χ3n) is 8.05. The van der Waals surface area contributed by atoms with E-state index in [-0.39, 0.29) is 23.5 Å². The van der Waals surface area contributed by atoms with Crippen LogP contribution in [0, 0.1) is 22.7 Å². The predicted molar refractivity (Wildman–Crippen MR) is 102 cm³/mol. The van der Waals surface area contributed by atoms with E-state index >= 15 is 0 Å². The minimum absolute atomic E-state index is 0.00306. The van der Waals surface area contributed by atoms with Crippen molar-refractivity contribution >= 4 is 11.9 Å². The summed E-state index contributed by atoms with van der Waals surface area (Å²) in [7, 11) is 0. The maximum atomic E-state index is 11.9. The molecule has 0 amide bonds. The Bertz CT molecular complexity index is 645. The average Bonchev–Trinajstić information content (AvgIpc) is 3.38. The highest BCUT2D eigenvalue weighted by molar-refractivity contribution is 5.70. The molecule has 2 saturated carbocycles. The third kappa shape index (κ3) is 3.58. The zero-order valence-corrected chi connectivity index (χ0v) is 17.2. The zero-order valence-electron chi connectivity index (χ0n) is 17.2. The molecule has 0 aromatic heterocycles. The molecule has 0 radical (unpaired) electrons. The van der Waals surface area contributed by atoms with Gasteiger partial charge in [-0.3, -0.25) is 9.59 Å². The molecule has 6 heteroatoms. The van der Waals surface area contributed by atoms with Gasteiger partial charge in [-0.15, -0.1) is 0 Å². The van der Waals surface area contributed by atoms with Crippen LogP contribution >= 0.6 is 0 Å². The lowest BCUT2D eigenvalue weighted by atomic mass is 9.56. The van der Waals surface area contributed by atoms with Crippen LogP contribution in [0.25, 0.3) is 0 Å². The summed E-state index contributed by atoms with van der Waals surface area (Å²) in [5.74, 6) is -2.72. The Balaban J connectivity index is 1.47. The molecule has 0 spiro atoms. The van der Waals surface area contributed by atoms with Crippen molar-refractivity contribution in [3.8, 4) is 0 Å². The van der Waals surface area contributed by atoms with Gasteiger partial charge in [0.25, 0.3) is 0 Å². The Kier molecular flexibility index (Phi) is 4.82. The van der Waals surface area contributed by atoms with Crippen molar-refractivity contribution in [3.63, 3.8) is 0 Å². The normalized spacial score (nSPS) is 41.4. The van der Waals surface area contributed by atoms with Gasteiger partial charge in [-0.25, -0.2) is 0 Å².